The van der Waals surface area contributed by atoms with E-state index in [9.17, 15) is 9.59 Å². The summed E-state index contributed by atoms with van der Waals surface area (Å²) in [5.74, 6) is 1.28. The molecule has 1 aliphatic rings. The maximum Gasteiger partial charge on any atom is 0.289 e. The number of hydrogen-bond acceptors (Lipinski definition) is 5. The van der Waals surface area contributed by atoms with Crippen molar-refractivity contribution >= 4 is 22.9 Å². The molecule has 1 saturated heterocycles. The molecular formula is C18H25NO4S. The Morgan fingerprint density at radius 3 is 2.58 bits per heavy atom. The molecule has 6 heteroatoms. The first kappa shape index (κ1) is 18.6. The summed E-state index contributed by atoms with van der Waals surface area (Å²) in [6.07, 6.45) is 2.33. The Hall–Kier alpha value is -1.69. The van der Waals surface area contributed by atoms with Crippen LogP contribution in [0, 0.1) is 6.92 Å². The zero-order valence-electron chi connectivity index (χ0n) is 14.8. The highest BCUT2D eigenvalue weighted by Gasteiger charge is 2.39. The van der Waals surface area contributed by atoms with Gasteiger partial charge in [0.1, 0.15) is 0 Å². The molecule has 0 spiro atoms. The molecule has 1 aromatic carbocycles. The molecule has 0 radical (unpaired) electrons. The molecular weight excluding hydrogens is 326 g/mol. The van der Waals surface area contributed by atoms with E-state index in [1.54, 1.807) is 7.11 Å². The minimum Gasteiger partial charge on any atom is -0.493 e. The number of carbonyl (C=O) groups is 2. The van der Waals surface area contributed by atoms with Gasteiger partial charge in [0.15, 0.2) is 11.5 Å². The lowest BCUT2D eigenvalue weighted by molar-refractivity contribution is -0.126. The van der Waals surface area contributed by atoms with Crippen LogP contribution in [0.2, 0.25) is 0 Å². The van der Waals surface area contributed by atoms with Crippen molar-refractivity contribution < 1.29 is 19.1 Å². The summed E-state index contributed by atoms with van der Waals surface area (Å²) in [6, 6.07) is 3.84. The van der Waals surface area contributed by atoms with Gasteiger partial charge >= 0.3 is 0 Å². The number of benzene rings is 1. The molecule has 0 N–H and O–H groups in total. The molecule has 0 aliphatic carbocycles. The second-order valence-electron chi connectivity index (χ2n) is 5.78. The van der Waals surface area contributed by atoms with E-state index in [0.29, 0.717) is 31.1 Å². The van der Waals surface area contributed by atoms with Crippen molar-refractivity contribution in [2.24, 2.45) is 0 Å². The molecule has 2 amide bonds. The van der Waals surface area contributed by atoms with Crippen molar-refractivity contribution in [2.45, 2.75) is 45.3 Å². The van der Waals surface area contributed by atoms with Gasteiger partial charge in [-0.05, 0) is 49.9 Å². The summed E-state index contributed by atoms with van der Waals surface area (Å²) in [6.45, 7) is 7.00. The fourth-order valence-corrected chi connectivity index (χ4v) is 3.74. The van der Waals surface area contributed by atoms with Gasteiger partial charge < -0.3 is 9.47 Å². The molecule has 132 valence electrons. The van der Waals surface area contributed by atoms with Crippen LogP contribution in [0.5, 0.6) is 11.5 Å². The fourth-order valence-electron chi connectivity index (χ4n) is 2.70. The van der Waals surface area contributed by atoms with E-state index in [-0.39, 0.29) is 16.4 Å². The highest BCUT2D eigenvalue weighted by molar-refractivity contribution is 8.15. The van der Waals surface area contributed by atoms with Crippen LogP contribution < -0.4 is 9.47 Å². The van der Waals surface area contributed by atoms with Gasteiger partial charge in [-0.15, -0.1) is 0 Å². The molecule has 24 heavy (non-hydrogen) atoms. The zero-order chi connectivity index (χ0) is 17.7. The molecule has 2 rings (SSSR count). The van der Waals surface area contributed by atoms with Gasteiger partial charge in [-0.1, -0.05) is 25.1 Å². The summed E-state index contributed by atoms with van der Waals surface area (Å²) in [7, 11) is 1.61. The summed E-state index contributed by atoms with van der Waals surface area (Å²) in [4.78, 5) is 26.0. The monoisotopic (exact) mass is 351 g/mol. The van der Waals surface area contributed by atoms with Crippen LogP contribution in [0.1, 0.15) is 37.8 Å². The third kappa shape index (κ3) is 4.04. The molecule has 0 saturated carbocycles. The number of amides is 2. The molecule has 1 aromatic rings. The maximum absolute atomic E-state index is 12.5. The first-order valence-electron chi connectivity index (χ1n) is 8.34. The molecule has 0 aromatic heterocycles. The second-order valence-corrected chi connectivity index (χ2v) is 6.94. The number of hydrogen-bond donors (Lipinski definition) is 0. The number of aryl methyl sites for hydroxylation is 1. The van der Waals surface area contributed by atoms with Crippen LogP contribution in [-0.2, 0) is 11.2 Å². The molecule has 1 fully saturated rings. The first-order chi connectivity index (χ1) is 11.5. The first-order valence-corrected chi connectivity index (χ1v) is 9.22. The highest BCUT2D eigenvalue weighted by atomic mass is 32.2. The smallest absolute Gasteiger partial charge is 0.289 e. The van der Waals surface area contributed by atoms with Gasteiger partial charge in [0, 0.05) is 6.54 Å². The van der Waals surface area contributed by atoms with Crippen LogP contribution in [-0.4, -0.2) is 41.6 Å². The van der Waals surface area contributed by atoms with Crippen molar-refractivity contribution in [3.05, 3.63) is 23.3 Å². The van der Waals surface area contributed by atoms with Crippen molar-refractivity contribution in [2.75, 3.05) is 20.3 Å². The standard InChI is InChI=1S/C18H25NO4S/c1-5-7-8-19-17(20)16(24-18(19)21)11-13-10-15(23-6-2)14(22-4)9-12(13)3/h9-10,16H,5-8,11H2,1-4H3/t16-/m0/s1. The van der Waals surface area contributed by atoms with Crippen molar-refractivity contribution in [3.8, 4) is 11.5 Å². The highest BCUT2D eigenvalue weighted by Crippen LogP contribution is 2.35. The van der Waals surface area contributed by atoms with Gasteiger partial charge in [-0.3, -0.25) is 14.5 Å². The number of thioether (sulfide) groups is 1. The number of carbonyl (C=O) groups excluding carboxylic acids is 2. The second kappa shape index (κ2) is 8.42. The predicted molar refractivity (Wildman–Crippen MR) is 96.0 cm³/mol. The number of unbranched alkanes of at least 4 members (excludes halogenated alkanes) is 1. The minimum absolute atomic E-state index is 0.0772. The molecule has 0 bridgehead atoms. The van der Waals surface area contributed by atoms with E-state index in [1.807, 2.05) is 32.9 Å². The van der Waals surface area contributed by atoms with Crippen LogP contribution in [0.3, 0.4) is 0 Å². The molecule has 1 atom stereocenters. The molecule has 1 aliphatic heterocycles. The maximum atomic E-state index is 12.5. The zero-order valence-corrected chi connectivity index (χ0v) is 15.6. The number of nitrogens with zero attached hydrogens (tertiary/aromatic N) is 1. The summed E-state index contributed by atoms with van der Waals surface area (Å²) >= 11 is 1.13. The Balaban J connectivity index is 2.17. The normalized spacial score (nSPS) is 17.5. The number of rotatable bonds is 8. The van der Waals surface area contributed by atoms with Crippen molar-refractivity contribution in [1.82, 2.24) is 4.90 Å². The molecule has 1 heterocycles. The number of ether oxygens (including phenoxy) is 2. The van der Waals surface area contributed by atoms with E-state index < -0.39 is 0 Å². The summed E-state index contributed by atoms with van der Waals surface area (Å²) in [5.41, 5.74) is 2.04. The van der Waals surface area contributed by atoms with Crippen LogP contribution in [0.25, 0.3) is 0 Å². The largest absolute Gasteiger partial charge is 0.493 e. The van der Waals surface area contributed by atoms with Gasteiger partial charge in [-0.25, -0.2) is 0 Å². The average Bonchev–Trinajstić information content (AvgIpc) is 2.82. The number of methoxy groups -OCH3 is 1. The molecule has 5 nitrogen and oxygen atoms in total. The van der Waals surface area contributed by atoms with Gasteiger partial charge in [0.2, 0.25) is 5.91 Å². The minimum atomic E-state index is -0.351. The van der Waals surface area contributed by atoms with Gasteiger partial charge in [-0.2, -0.15) is 0 Å². The van der Waals surface area contributed by atoms with E-state index in [4.69, 9.17) is 9.47 Å². The van der Waals surface area contributed by atoms with Crippen molar-refractivity contribution in [3.63, 3.8) is 0 Å². The Morgan fingerprint density at radius 2 is 1.96 bits per heavy atom. The van der Waals surface area contributed by atoms with Gasteiger partial charge in [0.25, 0.3) is 5.24 Å². The average molecular weight is 351 g/mol. The van der Waals surface area contributed by atoms with Crippen LogP contribution >= 0.6 is 11.8 Å². The Labute approximate surface area is 147 Å². The topological polar surface area (TPSA) is 55.8 Å². The quantitative estimate of drug-likeness (QED) is 0.713. The summed E-state index contributed by atoms with van der Waals surface area (Å²) < 4.78 is 11.0. The third-order valence-corrected chi connectivity index (χ3v) is 5.14. The van der Waals surface area contributed by atoms with E-state index >= 15 is 0 Å². The fraction of sp³-hybridized carbons (Fsp3) is 0.556. The number of imide groups is 1. The summed E-state index contributed by atoms with van der Waals surface area (Å²) in [5, 5.41) is -0.481. The lowest BCUT2D eigenvalue weighted by atomic mass is 10.0. The van der Waals surface area contributed by atoms with Gasteiger partial charge in [0.05, 0.1) is 19.0 Å². The van der Waals surface area contributed by atoms with Crippen molar-refractivity contribution in [1.29, 1.82) is 0 Å². The van der Waals surface area contributed by atoms with Crippen LogP contribution in [0.4, 0.5) is 4.79 Å². The Morgan fingerprint density at radius 1 is 1.21 bits per heavy atom. The van der Waals surface area contributed by atoms with E-state index in [1.165, 1.54) is 4.90 Å². The van der Waals surface area contributed by atoms with Crippen LogP contribution in [0.15, 0.2) is 12.1 Å². The lowest BCUT2D eigenvalue weighted by Crippen LogP contribution is -2.33. The predicted octanol–water partition coefficient (Wildman–Crippen LogP) is 3.81. The Bertz CT molecular complexity index is 617. The Kier molecular flexibility index (Phi) is 6.54. The third-order valence-electron chi connectivity index (χ3n) is 4.07. The van der Waals surface area contributed by atoms with E-state index in [2.05, 4.69) is 0 Å². The van der Waals surface area contributed by atoms with E-state index in [0.717, 1.165) is 35.7 Å². The molecule has 0 unspecified atom stereocenters. The lowest BCUT2D eigenvalue weighted by Gasteiger charge is -2.16. The SMILES string of the molecule is CCCCN1C(=O)S[C@@H](Cc2cc(OCC)c(OC)cc2C)C1=O.